The van der Waals surface area contributed by atoms with Crippen LogP contribution in [-0.2, 0) is 14.3 Å². The first-order valence-electron chi connectivity index (χ1n) is 4.80. The fourth-order valence-electron chi connectivity index (χ4n) is 1.78. The second kappa shape index (κ2) is 5.09. The molecule has 1 unspecified atom stereocenters. The summed E-state index contributed by atoms with van der Waals surface area (Å²) >= 11 is 0. The van der Waals surface area contributed by atoms with Crippen LogP contribution in [0.1, 0.15) is 12.8 Å². The van der Waals surface area contributed by atoms with Crippen LogP contribution in [0, 0.1) is 5.41 Å². The van der Waals surface area contributed by atoms with Crippen molar-refractivity contribution in [3.8, 4) is 0 Å². The molecule has 2 heterocycles. The van der Waals surface area contributed by atoms with Crippen LogP contribution < -0.4 is 5.32 Å². The third-order valence-corrected chi connectivity index (χ3v) is 2.70. The Hall–Kier alpha value is -1.14. The van der Waals surface area contributed by atoms with E-state index in [0.717, 1.165) is 13.2 Å². The van der Waals surface area contributed by atoms with Gasteiger partial charge in [0.1, 0.15) is 0 Å². The molecule has 0 bridgehead atoms. The van der Waals surface area contributed by atoms with Crippen LogP contribution in [0.25, 0.3) is 0 Å². The number of carbonyl (C=O) groups is 2. The first-order valence-corrected chi connectivity index (χ1v) is 4.80. The fraction of sp³-hybridized carbons (Fsp3) is 0.778. The zero-order valence-corrected chi connectivity index (χ0v) is 8.36. The maximum Gasteiger partial charge on any atom is 0.414 e. The lowest BCUT2D eigenvalue weighted by Crippen LogP contribution is -2.23. The summed E-state index contributed by atoms with van der Waals surface area (Å²) in [5.41, 5.74) is 0.556. The smallest absolute Gasteiger partial charge is 0.414 e. The topological polar surface area (TPSA) is 95.9 Å². The lowest BCUT2D eigenvalue weighted by molar-refractivity contribution is -0.159. The van der Waals surface area contributed by atoms with E-state index in [0.29, 0.717) is 5.41 Å². The van der Waals surface area contributed by atoms with Crippen molar-refractivity contribution < 1.29 is 24.5 Å². The van der Waals surface area contributed by atoms with E-state index < -0.39 is 11.9 Å². The average molecular weight is 217 g/mol. The third kappa shape index (κ3) is 3.49. The largest absolute Gasteiger partial charge is 0.473 e. The molecule has 2 aliphatic rings. The number of aliphatic carboxylic acids is 2. The van der Waals surface area contributed by atoms with E-state index in [2.05, 4.69) is 5.32 Å². The summed E-state index contributed by atoms with van der Waals surface area (Å²) in [5.74, 6) is -3.65. The van der Waals surface area contributed by atoms with Crippen LogP contribution in [-0.4, -0.2) is 48.5 Å². The summed E-state index contributed by atoms with van der Waals surface area (Å²) in [5, 5.41) is 18.2. The molecule has 0 saturated carbocycles. The second-order valence-electron chi connectivity index (χ2n) is 3.84. The van der Waals surface area contributed by atoms with E-state index in [4.69, 9.17) is 24.5 Å². The zero-order chi connectivity index (χ0) is 11.3. The van der Waals surface area contributed by atoms with Crippen LogP contribution in [0.15, 0.2) is 0 Å². The predicted molar refractivity (Wildman–Crippen MR) is 50.6 cm³/mol. The van der Waals surface area contributed by atoms with Crippen LogP contribution >= 0.6 is 0 Å². The van der Waals surface area contributed by atoms with Gasteiger partial charge in [-0.25, -0.2) is 9.59 Å². The minimum Gasteiger partial charge on any atom is -0.473 e. The molecule has 0 aromatic heterocycles. The Bertz CT molecular complexity index is 211. The van der Waals surface area contributed by atoms with Gasteiger partial charge < -0.3 is 20.3 Å². The highest BCUT2D eigenvalue weighted by Crippen LogP contribution is 2.33. The minimum atomic E-state index is -1.82. The quantitative estimate of drug-likeness (QED) is 0.475. The van der Waals surface area contributed by atoms with Gasteiger partial charge in [-0.1, -0.05) is 0 Å². The monoisotopic (exact) mass is 217 g/mol. The molecule has 0 amide bonds. The summed E-state index contributed by atoms with van der Waals surface area (Å²) in [7, 11) is 0. The first-order chi connectivity index (χ1) is 7.06. The van der Waals surface area contributed by atoms with E-state index in [1.165, 1.54) is 25.9 Å². The van der Waals surface area contributed by atoms with Crippen LogP contribution in [0.2, 0.25) is 0 Å². The molecular weight excluding hydrogens is 202 g/mol. The molecule has 0 aliphatic carbocycles. The van der Waals surface area contributed by atoms with Crippen molar-refractivity contribution in [2.75, 3.05) is 26.3 Å². The number of carboxylic acid groups (broad SMARTS) is 2. The van der Waals surface area contributed by atoms with Crippen molar-refractivity contribution in [1.29, 1.82) is 0 Å². The molecule has 6 heteroatoms. The standard InChI is InChI=1S/C7H13NO.C2H2O4/c1-3-8-5-7(1)2-4-9-6-7;3-1(4)2(5)6/h8H,1-6H2;(H,3,4)(H,5,6). The molecule has 0 radical (unpaired) electrons. The zero-order valence-electron chi connectivity index (χ0n) is 8.36. The van der Waals surface area contributed by atoms with Gasteiger partial charge in [-0.05, 0) is 19.4 Å². The molecular formula is C9H15NO5. The Balaban J connectivity index is 0.000000167. The van der Waals surface area contributed by atoms with Crippen LogP contribution in [0.3, 0.4) is 0 Å². The van der Waals surface area contributed by atoms with E-state index in [9.17, 15) is 0 Å². The molecule has 86 valence electrons. The molecule has 0 aromatic carbocycles. The summed E-state index contributed by atoms with van der Waals surface area (Å²) in [6, 6.07) is 0. The van der Waals surface area contributed by atoms with E-state index in [1.807, 2.05) is 0 Å². The summed E-state index contributed by atoms with van der Waals surface area (Å²) in [4.78, 5) is 18.2. The number of hydrogen-bond acceptors (Lipinski definition) is 4. The highest BCUT2D eigenvalue weighted by molar-refractivity contribution is 6.27. The van der Waals surface area contributed by atoms with Gasteiger partial charge in [-0.2, -0.15) is 0 Å². The predicted octanol–water partition coefficient (Wildman–Crippen LogP) is -0.458. The molecule has 2 rings (SSSR count). The van der Waals surface area contributed by atoms with Crippen molar-refractivity contribution in [3.63, 3.8) is 0 Å². The summed E-state index contributed by atoms with van der Waals surface area (Å²) in [6.07, 6.45) is 2.60. The van der Waals surface area contributed by atoms with Crippen molar-refractivity contribution in [3.05, 3.63) is 0 Å². The fourth-order valence-corrected chi connectivity index (χ4v) is 1.78. The first kappa shape index (κ1) is 11.9. The Morgan fingerprint density at radius 1 is 1.20 bits per heavy atom. The molecule has 2 aliphatic heterocycles. The average Bonchev–Trinajstić information content (AvgIpc) is 2.81. The van der Waals surface area contributed by atoms with Gasteiger partial charge in [0.25, 0.3) is 0 Å². The van der Waals surface area contributed by atoms with E-state index in [1.54, 1.807) is 0 Å². The molecule has 2 saturated heterocycles. The van der Waals surface area contributed by atoms with Gasteiger partial charge in [-0.15, -0.1) is 0 Å². The van der Waals surface area contributed by atoms with Crippen LogP contribution in [0.5, 0.6) is 0 Å². The van der Waals surface area contributed by atoms with Gasteiger partial charge in [0.15, 0.2) is 0 Å². The molecule has 0 aromatic rings. The van der Waals surface area contributed by atoms with Crippen molar-refractivity contribution >= 4 is 11.9 Å². The van der Waals surface area contributed by atoms with Crippen molar-refractivity contribution in [1.82, 2.24) is 5.32 Å². The van der Waals surface area contributed by atoms with Gasteiger partial charge in [0.2, 0.25) is 0 Å². The SMILES string of the molecule is C1CC2(CCOC2)CN1.O=C(O)C(=O)O. The van der Waals surface area contributed by atoms with Crippen LogP contribution in [0.4, 0.5) is 0 Å². The summed E-state index contributed by atoms with van der Waals surface area (Å²) < 4.78 is 5.34. The molecule has 1 spiro atoms. The Morgan fingerprint density at radius 3 is 2.20 bits per heavy atom. The molecule has 1 atom stereocenters. The Kier molecular flexibility index (Phi) is 4.05. The maximum absolute atomic E-state index is 9.10. The third-order valence-electron chi connectivity index (χ3n) is 2.70. The number of hydrogen-bond donors (Lipinski definition) is 3. The number of nitrogens with one attached hydrogen (secondary N) is 1. The lowest BCUT2D eigenvalue weighted by Gasteiger charge is -2.17. The van der Waals surface area contributed by atoms with Gasteiger partial charge >= 0.3 is 11.9 Å². The number of rotatable bonds is 0. The maximum atomic E-state index is 9.10. The number of ether oxygens (including phenoxy) is 1. The normalized spacial score (nSPS) is 28.5. The molecule has 2 fully saturated rings. The lowest BCUT2D eigenvalue weighted by atomic mass is 9.87. The molecule has 15 heavy (non-hydrogen) atoms. The highest BCUT2D eigenvalue weighted by Gasteiger charge is 2.37. The minimum absolute atomic E-state index is 0.556. The van der Waals surface area contributed by atoms with Crippen molar-refractivity contribution in [2.24, 2.45) is 5.41 Å². The highest BCUT2D eigenvalue weighted by atomic mass is 16.5. The van der Waals surface area contributed by atoms with Gasteiger partial charge in [0, 0.05) is 18.6 Å². The van der Waals surface area contributed by atoms with Gasteiger partial charge in [-0.3, -0.25) is 0 Å². The summed E-state index contributed by atoms with van der Waals surface area (Å²) in [6.45, 7) is 4.37. The molecule has 6 nitrogen and oxygen atoms in total. The second-order valence-corrected chi connectivity index (χ2v) is 3.84. The number of carboxylic acids is 2. The molecule has 3 N–H and O–H groups in total. The Morgan fingerprint density at radius 2 is 1.87 bits per heavy atom. The Labute approximate surface area is 87.2 Å². The van der Waals surface area contributed by atoms with E-state index in [-0.39, 0.29) is 0 Å². The van der Waals surface area contributed by atoms with Crippen molar-refractivity contribution in [2.45, 2.75) is 12.8 Å². The van der Waals surface area contributed by atoms with Gasteiger partial charge in [0.05, 0.1) is 6.61 Å². The van der Waals surface area contributed by atoms with E-state index >= 15 is 0 Å².